The zero-order valence-corrected chi connectivity index (χ0v) is 22.3. The van der Waals surface area contributed by atoms with Crippen LogP contribution >= 0.6 is 37.2 Å². The molecule has 9 heteroatoms. The molecule has 1 unspecified atom stereocenters. The van der Waals surface area contributed by atoms with Crippen molar-refractivity contribution in [3.8, 4) is 0 Å². The van der Waals surface area contributed by atoms with Crippen molar-refractivity contribution in [1.82, 2.24) is 20.2 Å². The van der Waals surface area contributed by atoms with E-state index in [1.807, 2.05) is 30.6 Å². The van der Waals surface area contributed by atoms with E-state index < -0.39 is 0 Å². The van der Waals surface area contributed by atoms with Crippen LogP contribution in [0.3, 0.4) is 0 Å². The van der Waals surface area contributed by atoms with Crippen LogP contribution in [0.5, 0.6) is 0 Å². The summed E-state index contributed by atoms with van der Waals surface area (Å²) in [4.78, 5) is 22.9. The molecular weight excluding hydrogens is 495 g/mol. The second-order valence-electron chi connectivity index (χ2n) is 8.72. The molecule has 4 rings (SSSR count). The molecule has 0 saturated heterocycles. The van der Waals surface area contributed by atoms with Gasteiger partial charge in [-0.25, -0.2) is 0 Å². The van der Waals surface area contributed by atoms with E-state index in [0.29, 0.717) is 6.42 Å². The first-order valence-electron chi connectivity index (χ1n) is 11.0. The Morgan fingerprint density at radius 3 is 2.44 bits per heavy atom. The summed E-state index contributed by atoms with van der Waals surface area (Å²) in [7, 11) is 5.73. The van der Waals surface area contributed by atoms with Gasteiger partial charge in [0.15, 0.2) is 0 Å². The average molecular weight is 530 g/mol. The van der Waals surface area contributed by atoms with Gasteiger partial charge in [-0.05, 0) is 63.5 Å². The highest BCUT2D eigenvalue weighted by molar-refractivity contribution is 5.86. The quantitative estimate of drug-likeness (QED) is 0.426. The maximum atomic E-state index is 12.6. The van der Waals surface area contributed by atoms with E-state index in [-0.39, 0.29) is 60.8 Å². The Bertz CT molecular complexity index is 1020. The molecule has 2 N–H and O–H groups in total. The van der Waals surface area contributed by atoms with E-state index in [2.05, 4.69) is 58.5 Å². The summed E-state index contributed by atoms with van der Waals surface area (Å²) in [5.74, 6) is -0.209. The van der Waals surface area contributed by atoms with E-state index in [1.54, 1.807) is 0 Å². The number of nitrogens with zero attached hydrogens (tertiary/aromatic N) is 2. The molecule has 2 heterocycles. The number of hydrogen-bond donors (Lipinski definition) is 2. The normalized spacial score (nSPS) is 20.5. The summed E-state index contributed by atoms with van der Waals surface area (Å²) in [6, 6.07) is 14.2. The second kappa shape index (κ2) is 13.3. The van der Waals surface area contributed by atoms with Crippen molar-refractivity contribution >= 4 is 54.1 Å². The molecule has 0 aliphatic heterocycles. The first kappa shape index (κ1) is 30.2. The number of carbonyl (C=O) groups is 1. The number of halogens is 3. The number of aromatic amines is 1. The fourth-order valence-electron chi connectivity index (χ4n) is 4.99. The first-order chi connectivity index (χ1) is 15.0. The van der Waals surface area contributed by atoms with Gasteiger partial charge in [0.25, 0.3) is 0 Å². The molecule has 0 amide bonds. The number of fused-ring (bicyclic) bond motifs is 1. The fraction of sp³-hybridized carbons (Fsp3) is 0.440. The van der Waals surface area contributed by atoms with Gasteiger partial charge in [0.2, 0.25) is 0 Å². The maximum absolute atomic E-state index is 12.6. The minimum Gasteiger partial charge on any atom is -0.468 e. The van der Waals surface area contributed by atoms with Crippen LogP contribution in [0.25, 0.3) is 10.9 Å². The lowest BCUT2D eigenvalue weighted by atomic mass is 9.76. The summed E-state index contributed by atoms with van der Waals surface area (Å²) < 4.78 is 5.13. The zero-order valence-electron chi connectivity index (χ0n) is 19.8. The highest BCUT2D eigenvalue weighted by Crippen LogP contribution is 2.40. The van der Waals surface area contributed by atoms with Gasteiger partial charge in [-0.3, -0.25) is 14.7 Å². The lowest BCUT2D eigenvalue weighted by Crippen LogP contribution is -2.51. The van der Waals surface area contributed by atoms with Crippen molar-refractivity contribution in [2.75, 3.05) is 21.2 Å². The number of ether oxygens (including phenoxy) is 1. The van der Waals surface area contributed by atoms with Gasteiger partial charge >= 0.3 is 5.97 Å². The molecule has 6 nitrogen and oxygen atoms in total. The van der Waals surface area contributed by atoms with Crippen LogP contribution in [0, 0.1) is 0 Å². The van der Waals surface area contributed by atoms with Gasteiger partial charge < -0.3 is 15.0 Å². The molecule has 1 saturated carbocycles. The third kappa shape index (κ3) is 6.23. The number of rotatable bonds is 7. The maximum Gasteiger partial charge on any atom is 0.323 e. The zero-order chi connectivity index (χ0) is 21.8. The van der Waals surface area contributed by atoms with E-state index in [4.69, 9.17) is 4.74 Å². The Morgan fingerprint density at radius 1 is 1.15 bits per heavy atom. The Hall–Kier alpha value is -1.83. The molecule has 2 aromatic heterocycles. The van der Waals surface area contributed by atoms with Crippen LogP contribution in [0.2, 0.25) is 0 Å². The monoisotopic (exact) mass is 528 g/mol. The number of hydrogen-bond acceptors (Lipinski definition) is 5. The molecule has 1 aromatic carbocycles. The van der Waals surface area contributed by atoms with Gasteiger partial charge in [0.1, 0.15) is 6.04 Å². The van der Waals surface area contributed by atoms with Crippen LogP contribution in [0.15, 0.2) is 54.9 Å². The molecule has 1 aliphatic rings. The minimum atomic E-state index is -0.365. The topological polar surface area (TPSA) is 70.2 Å². The highest BCUT2D eigenvalue weighted by atomic mass is 35.5. The summed E-state index contributed by atoms with van der Waals surface area (Å²) in [6.07, 6.45) is 8.44. The predicted octanol–water partition coefficient (Wildman–Crippen LogP) is 4.90. The number of carbonyl (C=O) groups excluding carboxylic acids is 1. The van der Waals surface area contributed by atoms with Gasteiger partial charge in [-0.15, -0.1) is 37.2 Å². The Balaban J connectivity index is 0.00000193. The van der Waals surface area contributed by atoms with Crippen molar-refractivity contribution in [2.24, 2.45) is 0 Å². The fourth-order valence-corrected chi connectivity index (χ4v) is 4.99. The minimum absolute atomic E-state index is 0. The summed E-state index contributed by atoms with van der Waals surface area (Å²) in [5.41, 5.74) is 3.29. The van der Waals surface area contributed by atoms with E-state index in [9.17, 15) is 4.79 Å². The molecule has 0 radical (unpaired) electrons. The highest BCUT2D eigenvalue weighted by Gasteiger charge is 2.40. The molecular formula is C25H35Cl3N4O2. The molecule has 34 heavy (non-hydrogen) atoms. The van der Waals surface area contributed by atoms with Crippen molar-refractivity contribution in [1.29, 1.82) is 0 Å². The SMILES string of the molecule is COC(=O)C(Cc1c[nH]c2ccccc12)NC1CCC(c2ccccn2)(N(C)C)CC1.Cl.Cl.Cl. The van der Waals surface area contributed by atoms with Crippen LogP contribution < -0.4 is 5.32 Å². The first-order valence-corrected chi connectivity index (χ1v) is 11.0. The van der Waals surface area contributed by atoms with E-state index in [0.717, 1.165) is 47.8 Å². The number of benzene rings is 1. The lowest BCUT2D eigenvalue weighted by molar-refractivity contribution is -0.143. The number of H-pyrrole nitrogens is 1. The lowest BCUT2D eigenvalue weighted by Gasteiger charge is -2.45. The number of methoxy groups -OCH3 is 1. The third-order valence-electron chi connectivity index (χ3n) is 6.83. The van der Waals surface area contributed by atoms with Gasteiger partial charge in [-0.1, -0.05) is 24.3 Å². The molecule has 1 atom stereocenters. The Morgan fingerprint density at radius 2 is 1.82 bits per heavy atom. The number of nitrogens with one attached hydrogen (secondary N) is 2. The van der Waals surface area contributed by atoms with Crippen LogP contribution in [0.4, 0.5) is 0 Å². The number of pyridine rings is 1. The van der Waals surface area contributed by atoms with Crippen molar-refractivity contribution in [2.45, 2.75) is 49.7 Å². The summed E-state index contributed by atoms with van der Waals surface area (Å²) in [6.45, 7) is 0. The molecule has 1 fully saturated rings. The van der Waals surface area contributed by atoms with E-state index >= 15 is 0 Å². The van der Waals surface area contributed by atoms with Gasteiger partial charge in [0, 0.05) is 35.8 Å². The van der Waals surface area contributed by atoms with Crippen molar-refractivity contribution in [3.63, 3.8) is 0 Å². The van der Waals surface area contributed by atoms with Gasteiger partial charge in [0.05, 0.1) is 18.3 Å². The molecule has 0 bridgehead atoms. The smallest absolute Gasteiger partial charge is 0.323 e. The van der Waals surface area contributed by atoms with Crippen LogP contribution in [-0.2, 0) is 21.5 Å². The van der Waals surface area contributed by atoms with Gasteiger partial charge in [-0.2, -0.15) is 0 Å². The molecule has 1 aliphatic carbocycles. The average Bonchev–Trinajstić information content (AvgIpc) is 3.22. The summed E-state index contributed by atoms with van der Waals surface area (Å²) in [5, 5.41) is 4.77. The number of aromatic nitrogens is 2. The van der Waals surface area contributed by atoms with E-state index in [1.165, 1.54) is 7.11 Å². The Kier molecular flexibility index (Phi) is 11.8. The van der Waals surface area contributed by atoms with Crippen LogP contribution in [-0.4, -0.2) is 54.1 Å². The standard InChI is InChI=1S/C25H32N4O2.3ClH/c1-29(2)25(23-10-6-7-15-26-23)13-11-19(12-14-25)28-22(24(30)31-3)16-18-17-27-21-9-5-4-8-20(18)21;;;/h4-10,15,17,19,22,27-28H,11-14,16H2,1-3H3;3*1H. The van der Waals surface area contributed by atoms with Crippen molar-refractivity contribution in [3.05, 3.63) is 66.1 Å². The number of para-hydroxylation sites is 1. The summed E-state index contributed by atoms with van der Waals surface area (Å²) >= 11 is 0. The molecule has 188 valence electrons. The number of esters is 1. The second-order valence-corrected chi connectivity index (χ2v) is 8.72. The van der Waals surface area contributed by atoms with Crippen molar-refractivity contribution < 1.29 is 9.53 Å². The van der Waals surface area contributed by atoms with Crippen LogP contribution in [0.1, 0.15) is 36.9 Å². The molecule has 3 aromatic rings. The largest absolute Gasteiger partial charge is 0.468 e. The predicted molar refractivity (Wildman–Crippen MR) is 145 cm³/mol. The molecule has 0 spiro atoms. The third-order valence-corrected chi connectivity index (χ3v) is 6.83. The Labute approximate surface area is 220 Å².